The molecule has 0 unspecified atom stereocenters. The molecule has 0 atom stereocenters. The van der Waals surface area contributed by atoms with Gasteiger partial charge in [0.05, 0.1) is 17.4 Å². The fourth-order valence-corrected chi connectivity index (χ4v) is 2.33. The summed E-state index contributed by atoms with van der Waals surface area (Å²) in [6, 6.07) is 4.88. The van der Waals surface area contributed by atoms with Gasteiger partial charge in [0.25, 0.3) is 0 Å². The second-order valence-electron chi connectivity index (χ2n) is 5.49. The van der Waals surface area contributed by atoms with Gasteiger partial charge in [0.15, 0.2) is 29.1 Å². The van der Waals surface area contributed by atoms with Crippen LogP contribution in [0.1, 0.15) is 12.3 Å². The number of hydrogen-bond donors (Lipinski definition) is 1. The standard InChI is InChI=1S/C18H11F5N2O2/c19-9-2-1-3-10(20)16(9)13-8-24-15(27-13)7-6-14(26)25-12-5-4-11(21)17(22)18(12)23/h1-5,8H,6-7H2,(H,25,26). The maximum atomic E-state index is 13.7. The van der Waals surface area contributed by atoms with Gasteiger partial charge in [-0.3, -0.25) is 4.79 Å². The highest BCUT2D eigenvalue weighted by Crippen LogP contribution is 2.27. The van der Waals surface area contributed by atoms with Crippen molar-refractivity contribution in [1.29, 1.82) is 0 Å². The zero-order valence-electron chi connectivity index (χ0n) is 13.5. The second-order valence-corrected chi connectivity index (χ2v) is 5.49. The van der Waals surface area contributed by atoms with E-state index in [9.17, 15) is 26.7 Å². The van der Waals surface area contributed by atoms with Crippen LogP contribution in [0.15, 0.2) is 40.9 Å². The Morgan fingerprint density at radius 1 is 0.963 bits per heavy atom. The molecule has 3 aromatic rings. The molecule has 140 valence electrons. The molecule has 1 amide bonds. The minimum absolute atomic E-state index is 0.0218. The van der Waals surface area contributed by atoms with Crippen LogP contribution in [0.2, 0.25) is 0 Å². The van der Waals surface area contributed by atoms with E-state index in [2.05, 4.69) is 10.3 Å². The third-order valence-corrected chi connectivity index (χ3v) is 3.64. The number of halogens is 5. The maximum Gasteiger partial charge on any atom is 0.224 e. The van der Waals surface area contributed by atoms with Gasteiger partial charge in [-0.1, -0.05) is 6.07 Å². The highest BCUT2D eigenvalue weighted by molar-refractivity contribution is 5.90. The number of anilines is 1. The Morgan fingerprint density at radius 3 is 2.37 bits per heavy atom. The smallest absolute Gasteiger partial charge is 0.224 e. The summed E-state index contributed by atoms with van der Waals surface area (Å²) >= 11 is 0. The first-order valence-electron chi connectivity index (χ1n) is 7.69. The molecule has 0 saturated carbocycles. The van der Waals surface area contributed by atoms with Crippen molar-refractivity contribution in [1.82, 2.24) is 4.98 Å². The third kappa shape index (κ3) is 3.97. The van der Waals surface area contributed by atoms with E-state index < -0.39 is 40.7 Å². The van der Waals surface area contributed by atoms with Crippen LogP contribution in [0.3, 0.4) is 0 Å². The molecule has 0 aliphatic carbocycles. The number of aryl methyl sites for hydroxylation is 1. The summed E-state index contributed by atoms with van der Waals surface area (Å²) in [5.41, 5.74) is -0.898. The molecule has 1 aromatic heterocycles. The largest absolute Gasteiger partial charge is 0.441 e. The van der Waals surface area contributed by atoms with Crippen LogP contribution in [0.4, 0.5) is 27.6 Å². The zero-order valence-corrected chi connectivity index (χ0v) is 13.5. The third-order valence-electron chi connectivity index (χ3n) is 3.64. The predicted molar refractivity (Wildman–Crippen MR) is 85.1 cm³/mol. The van der Waals surface area contributed by atoms with Crippen molar-refractivity contribution < 1.29 is 31.2 Å². The van der Waals surface area contributed by atoms with Gasteiger partial charge in [0, 0.05) is 12.8 Å². The molecular formula is C18H11F5N2O2. The van der Waals surface area contributed by atoms with Crippen LogP contribution in [0.25, 0.3) is 11.3 Å². The van der Waals surface area contributed by atoms with E-state index in [1.54, 1.807) is 0 Å². The lowest BCUT2D eigenvalue weighted by atomic mass is 10.1. The van der Waals surface area contributed by atoms with Crippen molar-refractivity contribution in [3.63, 3.8) is 0 Å². The van der Waals surface area contributed by atoms with Crippen molar-refractivity contribution >= 4 is 11.6 Å². The number of carbonyl (C=O) groups is 1. The molecule has 0 aliphatic heterocycles. The molecule has 0 saturated heterocycles. The first-order valence-corrected chi connectivity index (χ1v) is 7.69. The van der Waals surface area contributed by atoms with E-state index in [-0.39, 0.29) is 30.1 Å². The lowest BCUT2D eigenvalue weighted by molar-refractivity contribution is -0.116. The summed E-state index contributed by atoms with van der Waals surface area (Å²) in [6.07, 6.45) is 0.815. The first-order chi connectivity index (χ1) is 12.9. The van der Waals surface area contributed by atoms with E-state index in [1.165, 1.54) is 6.07 Å². The molecule has 27 heavy (non-hydrogen) atoms. The molecule has 0 spiro atoms. The van der Waals surface area contributed by atoms with Crippen molar-refractivity contribution in [2.24, 2.45) is 0 Å². The van der Waals surface area contributed by atoms with E-state index in [0.29, 0.717) is 6.07 Å². The van der Waals surface area contributed by atoms with Crippen molar-refractivity contribution in [2.45, 2.75) is 12.8 Å². The van der Waals surface area contributed by atoms with Crippen LogP contribution in [-0.2, 0) is 11.2 Å². The summed E-state index contributed by atoms with van der Waals surface area (Å²) in [5.74, 6) is -7.08. The Kier molecular flexibility index (Phi) is 5.20. The number of benzene rings is 2. The van der Waals surface area contributed by atoms with E-state index in [4.69, 9.17) is 4.42 Å². The van der Waals surface area contributed by atoms with E-state index in [0.717, 1.165) is 24.4 Å². The molecule has 0 fully saturated rings. The van der Waals surface area contributed by atoms with Gasteiger partial charge in [-0.25, -0.2) is 26.9 Å². The van der Waals surface area contributed by atoms with Crippen molar-refractivity contribution in [3.05, 3.63) is 71.5 Å². The topological polar surface area (TPSA) is 55.1 Å². The van der Waals surface area contributed by atoms with Gasteiger partial charge in [-0.15, -0.1) is 0 Å². The van der Waals surface area contributed by atoms with Crippen LogP contribution in [-0.4, -0.2) is 10.9 Å². The fraction of sp³-hybridized carbons (Fsp3) is 0.111. The predicted octanol–water partition coefficient (Wildman–Crippen LogP) is 4.61. The second kappa shape index (κ2) is 7.56. The lowest BCUT2D eigenvalue weighted by Crippen LogP contribution is -2.14. The van der Waals surface area contributed by atoms with Crippen molar-refractivity contribution in [2.75, 3.05) is 5.32 Å². The summed E-state index contributed by atoms with van der Waals surface area (Å²) in [4.78, 5) is 15.7. The van der Waals surface area contributed by atoms with Gasteiger partial charge in [-0.2, -0.15) is 0 Å². The molecule has 1 heterocycles. The van der Waals surface area contributed by atoms with Crippen LogP contribution in [0.5, 0.6) is 0 Å². The maximum absolute atomic E-state index is 13.7. The Labute approximate surface area is 149 Å². The summed E-state index contributed by atoms with van der Waals surface area (Å²) < 4.78 is 72.2. The number of oxazole rings is 1. The molecule has 4 nitrogen and oxygen atoms in total. The van der Waals surface area contributed by atoms with Gasteiger partial charge in [-0.05, 0) is 24.3 Å². The number of nitrogens with zero attached hydrogens (tertiary/aromatic N) is 1. The minimum Gasteiger partial charge on any atom is -0.441 e. The first kappa shape index (κ1) is 18.6. The summed E-state index contributed by atoms with van der Waals surface area (Å²) in [6.45, 7) is 0. The Bertz CT molecular complexity index is 983. The normalized spacial score (nSPS) is 10.9. The number of carbonyl (C=O) groups excluding carboxylic acids is 1. The van der Waals surface area contributed by atoms with Gasteiger partial charge < -0.3 is 9.73 Å². The Hall–Kier alpha value is -3.23. The molecule has 0 radical (unpaired) electrons. The SMILES string of the molecule is O=C(CCc1ncc(-c2c(F)cccc2F)o1)Nc1ccc(F)c(F)c1F. The van der Waals surface area contributed by atoms with Gasteiger partial charge in [0.1, 0.15) is 11.6 Å². The van der Waals surface area contributed by atoms with Crippen LogP contribution >= 0.6 is 0 Å². The molecule has 1 N–H and O–H groups in total. The molecule has 2 aromatic carbocycles. The molecule has 0 aliphatic rings. The molecule has 9 heteroatoms. The number of rotatable bonds is 5. The highest BCUT2D eigenvalue weighted by Gasteiger charge is 2.18. The average molecular weight is 382 g/mol. The van der Waals surface area contributed by atoms with Crippen molar-refractivity contribution in [3.8, 4) is 11.3 Å². The zero-order chi connectivity index (χ0) is 19.6. The Balaban J connectivity index is 1.65. The number of hydrogen-bond acceptors (Lipinski definition) is 3. The number of aromatic nitrogens is 1. The van der Waals surface area contributed by atoms with Crippen LogP contribution < -0.4 is 5.32 Å². The number of nitrogens with one attached hydrogen (secondary N) is 1. The molecule has 0 bridgehead atoms. The van der Waals surface area contributed by atoms with Gasteiger partial charge >= 0.3 is 0 Å². The monoisotopic (exact) mass is 382 g/mol. The van der Waals surface area contributed by atoms with E-state index >= 15 is 0 Å². The molecular weight excluding hydrogens is 371 g/mol. The lowest BCUT2D eigenvalue weighted by Gasteiger charge is -2.06. The minimum atomic E-state index is -1.70. The quantitative estimate of drug-likeness (QED) is 0.518. The summed E-state index contributed by atoms with van der Waals surface area (Å²) in [7, 11) is 0. The fourth-order valence-electron chi connectivity index (χ4n) is 2.33. The highest BCUT2D eigenvalue weighted by atomic mass is 19.2. The number of amides is 1. The summed E-state index contributed by atoms with van der Waals surface area (Å²) in [5, 5.41) is 2.10. The average Bonchev–Trinajstić information content (AvgIpc) is 3.09. The van der Waals surface area contributed by atoms with E-state index in [1.807, 2.05) is 0 Å². The van der Waals surface area contributed by atoms with Crippen LogP contribution in [0, 0.1) is 29.1 Å². The molecule has 3 rings (SSSR count). The van der Waals surface area contributed by atoms with Gasteiger partial charge in [0.2, 0.25) is 5.91 Å². The Morgan fingerprint density at radius 2 is 1.67 bits per heavy atom.